The van der Waals surface area contributed by atoms with Crippen LogP contribution in [0.25, 0.3) is 5.65 Å². The lowest BCUT2D eigenvalue weighted by molar-refractivity contribution is 0.0927. The Labute approximate surface area is 174 Å². The molecule has 8 heteroatoms. The van der Waals surface area contributed by atoms with E-state index in [1.54, 1.807) is 16.9 Å². The highest BCUT2D eigenvalue weighted by molar-refractivity contribution is 5.99. The first-order chi connectivity index (χ1) is 14.6. The maximum Gasteiger partial charge on any atom is 0.257 e. The number of amides is 1. The van der Waals surface area contributed by atoms with Crippen molar-refractivity contribution in [3.63, 3.8) is 0 Å². The van der Waals surface area contributed by atoms with Gasteiger partial charge in [-0.25, -0.2) is 9.50 Å². The number of carbonyl (C=O) groups is 1. The van der Waals surface area contributed by atoms with Crippen LogP contribution in [0.3, 0.4) is 0 Å². The predicted molar refractivity (Wildman–Crippen MR) is 111 cm³/mol. The van der Waals surface area contributed by atoms with Crippen molar-refractivity contribution in [2.45, 2.75) is 32.7 Å². The van der Waals surface area contributed by atoms with E-state index >= 15 is 0 Å². The van der Waals surface area contributed by atoms with Crippen LogP contribution >= 0.6 is 0 Å². The highest BCUT2D eigenvalue weighted by atomic mass is 16.5. The summed E-state index contributed by atoms with van der Waals surface area (Å²) in [6.45, 7) is 5.40. The lowest BCUT2D eigenvalue weighted by Gasteiger charge is -2.23. The van der Waals surface area contributed by atoms with Crippen molar-refractivity contribution in [3.05, 3.63) is 53.5 Å². The molecule has 2 aromatic heterocycles. The Morgan fingerprint density at radius 1 is 1.23 bits per heavy atom. The molecule has 0 unspecified atom stereocenters. The van der Waals surface area contributed by atoms with E-state index in [-0.39, 0.29) is 24.5 Å². The number of rotatable bonds is 6. The maximum atomic E-state index is 13.1. The van der Waals surface area contributed by atoms with Gasteiger partial charge in [0.1, 0.15) is 5.56 Å². The standard InChI is InChI=1S/C22H26N4O4/c1-14(2)20(16-4-5-18-19(10-16)30-9-3-8-29-18)25-22(28)17-12-24-26-13-15(6-7-27)11-23-21(17)26/h4-5,10-14,20,27H,3,6-9H2,1-2H3,(H,25,28)/t20-/m0/s1. The van der Waals surface area contributed by atoms with Gasteiger partial charge in [0.15, 0.2) is 17.1 Å². The van der Waals surface area contributed by atoms with Crippen LogP contribution in [0.1, 0.15) is 47.8 Å². The van der Waals surface area contributed by atoms with Gasteiger partial charge in [0, 0.05) is 25.4 Å². The summed E-state index contributed by atoms with van der Waals surface area (Å²) in [6, 6.07) is 5.60. The van der Waals surface area contributed by atoms with Crippen LogP contribution in [0.15, 0.2) is 36.8 Å². The van der Waals surface area contributed by atoms with E-state index in [9.17, 15) is 4.79 Å². The number of hydrogen-bond acceptors (Lipinski definition) is 6. The first-order valence-electron chi connectivity index (χ1n) is 10.2. The molecule has 0 bridgehead atoms. The molecule has 0 saturated carbocycles. The van der Waals surface area contributed by atoms with E-state index < -0.39 is 0 Å². The van der Waals surface area contributed by atoms with E-state index in [2.05, 4.69) is 29.2 Å². The number of carbonyl (C=O) groups excluding carboxylic acids is 1. The Morgan fingerprint density at radius 3 is 2.80 bits per heavy atom. The summed E-state index contributed by atoms with van der Waals surface area (Å²) in [6.07, 6.45) is 6.29. The maximum absolute atomic E-state index is 13.1. The van der Waals surface area contributed by atoms with E-state index in [0.717, 1.165) is 23.3 Å². The van der Waals surface area contributed by atoms with Gasteiger partial charge in [-0.15, -0.1) is 0 Å². The summed E-state index contributed by atoms with van der Waals surface area (Å²) >= 11 is 0. The van der Waals surface area contributed by atoms with Crippen LogP contribution in [0.5, 0.6) is 11.5 Å². The zero-order valence-corrected chi connectivity index (χ0v) is 17.2. The van der Waals surface area contributed by atoms with Gasteiger partial charge >= 0.3 is 0 Å². The van der Waals surface area contributed by atoms with Gasteiger partial charge in [-0.2, -0.15) is 5.10 Å². The average molecular weight is 410 g/mol. The van der Waals surface area contributed by atoms with Crippen LogP contribution in [-0.4, -0.2) is 45.4 Å². The fourth-order valence-electron chi connectivity index (χ4n) is 3.56. The van der Waals surface area contributed by atoms with Crippen molar-refractivity contribution >= 4 is 11.6 Å². The summed E-state index contributed by atoms with van der Waals surface area (Å²) < 4.78 is 13.1. The molecule has 1 aromatic carbocycles. The molecule has 8 nitrogen and oxygen atoms in total. The molecular weight excluding hydrogens is 384 g/mol. The Balaban J connectivity index is 1.59. The Bertz CT molecular complexity index is 1050. The van der Waals surface area contributed by atoms with Crippen molar-refractivity contribution in [2.24, 2.45) is 5.92 Å². The lowest BCUT2D eigenvalue weighted by atomic mass is 9.95. The first kappa shape index (κ1) is 20.2. The number of nitrogens with zero attached hydrogens (tertiary/aromatic N) is 3. The third kappa shape index (κ3) is 4.09. The number of fused-ring (bicyclic) bond motifs is 2. The summed E-state index contributed by atoms with van der Waals surface area (Å²) in [4.78, 5) is 17.4. The van der Waals surface area contributed by atoms with Crippen molar-refractivity contribution in [1.82, 2.24) is 19.9 Å². The van der Waals surface area contributed by atoms with Gasteiger partial charge < -0.3 is 19.9 Å². The van der Waals surface area contributed by atoms with Crippen LogP contribution in [0.2, 0.25) is 0 Å². The van der Waals surface area contributed by atoms with Crippen molar-refractivity contribution in [2.75, 3.05) is 19.8 Å². The fraction of sp³-hybridized carbons (Fsp3) is 0.409. The molecule has 3 heterocycles. The van der Waals surface area contributed by atoms with Crippen molar-refractivity contribution < 1.29 is 19.4 Å². The molecule has 0 aliphatic carbocycles. The quantitative estimate of drug-likeness (QED) is 0.648. The van der Waals surface area contributed by atoms with Crippen molar-refractivity contribution in [3.8, 4) is 11.5 Å². The molecule has 0 saturated heterocycles. The first-order valence-corrected chi connectivity index (χ1v) is 10.2. The van der Waals surface area contributed by atoms with Gasteiger partial charge in [0.05, 0.1) is 25.5 Å². The largest absolute Gasteiger partial charge is 0.490 e. The molecule has 0 radical (unpaired) electrons. The Morgan fingerprint density at radius 2 is 2.03 bits per heavy atom. The number of benzene rings is 1. The minimum Gasteiger partial charge on any atom is -0.490 e. The van der Waals surface area contributed by atoms with E-state index in [1.807, 2.05) is 18.2 Å². The molecule has 1 aliphatic heterocycles. The minimum absolute atomic E-state index is 0.0351. The van der Waals surface area contributed by atoms with Gasteiger partial charge in [0.2, 0.25) is 0 Å². The Hall–Kier alpha value is -3.13. The lowest BCUT2D eigenvalue weighted by Crippen LogP contribution is -2.31. The summed E-state index contributed by atoms with van der Waals surface area (Å²) in [5.41, 5.74) is 2.70. The molecule has 158 valence electrons. The van der Waals surface area contributed by atoms with Gasteiger partial charge in [-0.1, -0.05) is 19.9 Å². The molecule has 30 heavy (non-hydrogen) atoms. The van der Waals surface area contributed by atoms with Gasteiger partial charge in [0.25, 0.3) is 5.91 Å². The molecule has 1 aliphatic rings. The summed E-state index contributed by atoms with van der Waals surface area (Å²) in [7, 11) is 0. The second kappa shape index (κ2) is 8.71. The average Bonchev–Trinajstić information content (AvgIpc) is 3.01. The second-order valence-electron chi connectivity index (χ2n) is 7.71. The molecule has 2 N–H and O–H groups in total. The molecule has 0 spiro atoms. The van der Waals surface area contributed by atoms with Crippen LogP contribution in [-0.2, 0) is 6.42 Å². The summed E-state index contributed by atoms with van der Waals surface area (Å²) in [5, 5.41) is 16.5. The third-order valence-corrected chi connectivity index (χ3v) is 5.14. The third-order valence-electron chi connectivity index (χ3n) is 5.14. The van der Waals surface area contributed by atoms with Crippen LogP contribution in [0.4, 0.5) is 0 Å². The molecule has 3 aromatic rings. The monoisotopic (exact) mass is 410 g/mol. The number of aliphatic hydroxyl groups excluding tert-OH is 1. The normalized spacial score (nSPS) is 14.5. The number of aliphatic hydroxyl groups is 1. The number of hydrogen-bond donors (Lipinski definition) is 2. The molecular formula is C22H26N4O4. The van der Waals surface area contributed by atoms with E-state index in [0.29, 0.717) is 36.6 Å². The molecule has 4 rings (SSSR count). The zero-order chi connectivity index (χ0) is 21.1. The Kier molecular flexibility index (Phi) is 5.85. The minimum atomic E-state index is -0.238. The zero-order valence-electron chi connectivity index (χ0n) is 17.2. The smallest absolute Gasteiger partial charge is 0.257 e. The highest BCUT2D eigenvalue weighted by Crippen LogP contribution is 2.34. The number of nitrogens with one attached hydrogen (secondary N) is 1. The molecule has 1 atom stereocenters. The van der Waals surface area contributed by atoms with E-state index in [4.69, 9.17) is 14.6 Å². The molecule has 0 fully saturated rings. The van der Waals surface area contributed by atoms with Crippen molar-refractivity contribution in [1.29, 1.82) is 0 Å². The molecule has 1 amide bonds. The highest BCUT2D eigenvalue weighted by Gasteiger charge is 2.23. The number of ether oxygens (including phenoxy) is 2. The van der Waals surface area contributed by atoms with Gasteiger partial charge in [-0.05, 0) is 35.6 Å². The topological polar surface area (TPSA) is 98.0 Å². The van der Waals surface area contributed by atoms with Crippen LogP contribution < -0.4 is 14.8 Å². The summed E-state index contributed by atoms with van der Waals surface area (Å²) in [5.74, 6) is 1.36. The predicted octanol–water partition coefficient (Wildman–Crippen LogP) is 2.55. The second-order valence-corrected chi connectivity index (χ2v) is 7.71. The van der Waals surface area contributed by atoms with Gasteiger partial charge in [-0.3, -0.25) is 4.79 Å². The fourth-order valence-corrected chi connectivity index (χ4v) is 3.56. The van der Waals surface area contributed by atoms with E-state index in [1.165, 1.54) is 6.20 Å². The number of aromatic nitrogens is 3. The van der Waals surface area contributed by atoms with Crippen LogP contribution in [0, 0.1) is 5.92 Å². The SMILES string of the molecule is CC(C)[C@H](NC(=O)c1cnn2cc(CCO)cnc12)c1ccc2c(c1)OCCCO2.